The first-order valence-electron chi connectivity index (χ1n) is 10.9. The van der Waals surface area contributed by atoms with Gasteiger partial charge in [-0.2, -0.15) is 0 Å². The smallest absolute Gasteiger partial charge is 0.328 e. The van der Waals surface area contributed by atoms with Crippen LogP contribution in [0.4, 0.5) is 4.39 Å². The number of pyridine rings is 1. The molecule has 9 heteroatoms. The number of rotatable bonds is 9. The molecule has 0 fully saturated rings. The number of halogens is 1. The topological polar surface area (TPSA) is 104 Å². The molecule has 0 saturated heterocycles. The summed E-state index contributed by atoms with van der Waals surface area (Å²) in [6, 6.07) is 4.96. The average molecular weight is 475 g/mol. The standard InChI is InChI=1S/C25H31FN2O6/c1-13(2)21(19-9-8-18(26)12-14(19)3)16(5)33-25(31)15(4)28-24(30)22-23(34-17(6)29)20(32-7)10-11-27-22/h8-13,15-16,21H,1-7H3,(H,28,30)/t15-,16?,21?/m0/s1. The van der Waals surface area contributed by atoms with Gasteiger partial charge in [0.1, 0.15) is 18.0 Å². The lowest BCUT2D eigenvalue weighted by molar-refractivity contribution is -0.151. The van der Waals surface area contributed by atoms with E-state index in [4.69, 9.17) is 14.2 Å². The minimum atomic E-state index is -1.02. The molecule has 8 nitrogen and oxygen atoms in total. The van der Waals surface area contributed by atoms with Gasteiger partial charge in [0.05, 0.1) is 7.11 Å². The van der Waals surface area contributed by atoms with Crippen LogP contribution in [0, 0.1) is 18.7 Å². The van der Waals surface area contributed by atoms with Crippen LogP contribution in [0.2, 0.25) is 0 Å². The van der Waals surface area contributed by atoms with Gasteiger partial charge in [-0.05, 0) is 49.9 Å². The van der Waals surface area contributed by atoms with Gasteiger partial charge in [-0.25, -0.2) is 14.2 Å². The van der Waals surface area contributed by atoms with Gasteiger partial charge >= 0.3 is 11.9 Å². The first-order valence-corrected chi connectivity index (χ1v) is 10.9. The summed E-state index contributed by atoms with van der Waals surface area (Å²) in [5.74, 6) is -2.44. The van der Waals surface area contributed by atoms with E-state index in [1.54, 1.807) is 13.0 Å². The monoisotopic (exact) mass is 474 g/mol. The number of aromatic nitrogens is 1. The highest BCUT2D eigenvalue weighted by molar-refractivity contribution is 5.98. The highest BCUT2D eigenvalue weighted by Crippen LogP contribution is 2.33. The van der Waals surface area contributed by atoms with Crippen LogP contribution in [-0.2, 0) is 14.3 Å². The van der Waals surface area contributed by atoms with Crippen molar-refractivity contribution in [3.8, 4) is 11.5 Å². The maximum atomic E-state index is 13.6. The van der Waals surface area contributed by atoms with Gasteiger partial charge in [-0.15, -0.1) is 0 Å². The summed E-state index contributed by atoms with van der Waals surface area (Å²) in [4.78, 5) is 41.0. The first kappa shape index (κ1) is 26.8. The molecule has 1 aromatic carbocycles. The zero-order chi connectivity index (χ0) is 25.6. The molecule has 1 heterocycles. The molecule has 184 valence electrons. The Labute approximate surface area is 198 Å². The lowest BCUT2D eigenvalue weighted by Gasteiger charge is -2.30. The highest BCUT2D eigenvalue weighted by Gasteiger charge is 2.30. The second kappa shape index (κ2) is 11.6. The van der Waals surface area contributed by atoms with Gasteiger partial charge < -0.3 is 19.5 Å². The number of esters is 2. The van der Waals surface area contributed by atoms with Crippen LogP contribution in [0.25, 0.3) is 0 Å². The third kappa shape index (κ3) is 6.52. The normalized spacial score (nSPS) is 13.6. The van der Waals surface area contributed by atoms with Crippen molar-refractivity contribution < 1.29 is 33.0 Å². The van der Waals surface area contributed by atoms with Gasteiger partial charge in [0.2, 0.25) is 5.75 Å². The van der Waals surface area contributed by atoms with Crippen molar-refractivity contribution in [3.05, 3.63) is 53.1 Å². The Morgan fingerprint density at radius 2 is 1.76 bits per heavy atom. The number of ether oxygens (including phenoxy) is 3. The van der Waals surface area contributed by atoms with Gasteiger partial charge in [0.25, 0.3) is 5.91 Å². The highest BCUT2D eigenvalue weighted by atomic mass is 19.1. The van der Waals surface area contributed by atoms with Gasteiger partial charge in [-0.1, -0.05) is 19.9 Å². The predicted molar refractivity (Wildman–Crippen MR) is 123 cm³/mol. The van der Waals surface area contributed by atoms with E-state index < -0.39 is 30.0 Å². The number of amides is 1. The Kier molecular flexibility index (Phi) is 9.11. The van der Waals surface area contributed by atoms with Crippen molar-refractivity contribution in [1.29, 1.82) is 0 Å². The van der Waals surface area contributed by atoms with E-state index in [0.29, 0.717) is 0 Å². The quantitative estimate of drug-likeness (QED) is 0.549. The van der Waals surface area contributed by atoms with E-state index in [2.05, 4.69) is 10.3 Å². The SMILES string of the molecule is COc1ccnc(C(=O)N[C@@H](C)C(=O)OC(C)C(c2ccc(F)cc2C)C(C)C)c1OC(C)=O. The Hall–Kier alpha value is -3.49. The summed E-state index contributed by atoms with van der Waals surface area (Å²) in [7, 11) is 1.36. The number of hydrogen-bond acceptors (Lipinski definition) is 7. The van der Waals surface area contributed by atoms with Crippen LogP contribution in [0.15, 0.2) is 30.5 Å². The fourth-order valence-corrected chi connectivity index (χ4v) is 3.84. The Balaban J connectivity index is 2.16. The van der Waals surface area contributed by atoms with Crippen LogP contribution in [-0.4, -0.2) is 42.1 Å². The summed E-state index contributed by atoms with van der Waals surface area (Å²) in [6.45, 7) is 10.2. The zero-order valence-corrected chi connectivity index (χ0v) is 20.5. The Morgan fingerprint density at radius 1 is 1.09 bits per heavy atom. The second-order valence-electron chi connectivity index (χ2n) is 8.39. The molecule has 34 heavy (non-hydrogen) atoms. The van der Waals surface area contributed by atoms with Gasteiger partial charge in [0, 0.05) is 25.1 Å². The molecular weight excluding hydrogens is 443 g/mol. The lowest BCUT2D eigenvalue weighted by atomic mass is 9.82. The van der Waals surface area contributed by atoms with Crippen LogP contribution in [0.5, 0.6) is 11.5 Å². The maximum Gasteiger partial charge on any atom is 0.328 e. The molecule has 0 radical (unpaired) electrons. The number of aryl methyl sites for hydroxylation is 1. The number of carbonyl (C=O) groups is 3. The largest absolute Gasteiger partial charge is 0.493 e. The first-order chi connectivity index (χ1) is 16.0. The maximum absolute atomic E-state index is 13.6. The fourth-order valence-electron chi connectivity index (χ4n) is 3.84. The third-order valence-corrected chi connectivity index (χ3v) is 5.37. The molecule has 2 aromatic rings. The summed E-state index contributed by atoms with van der Waals surface area (Å²) in [5, 5.41) is 2.52. The Bertz CT molecular complexity index is 1060. The molecular formula is C25H31FN2O6. The molecule has 0 saturated carbocycles. The van der Waals surface area contributed by atoms with Crippen molar-refractivity contribution in [2.24, 2.45) is 5.92 Å². The summed E-state index contributed by atoms with van der Waals surface area (Å²) in [5.41, 5.74) is 1.45. The number of benzene rings is 1. The van der Waals surface area contributed by atoms with Crippen molar-refractivity contribution in [3.63, 3.8) is 0 Å². The molecule has 1 aromatic heterocycles. The molecule has 2 rings (SSSR count). The molecule has 2 unspecified atom stereocenters. The van der Waals surface area contributed by atoms with E-state index in [-0.39, 0.29) is 34.8 Å². The molecule has 0 spiro atoms. The lowest BCUT2D eigenvalue weighted by Crippen LogP contribution is -2.42. The van der Waals surface area contributed by atoms with Crippen LogP contribution in [0.3, 0.4) is 0 Å². The summed E-state index contributed by atoms with van der Waals surface area (Å²) in [6.07, 6.45) is 0.784. The van der Waals surface area contributed by atoms with Crippen LogP contribution in [0.1, 0.15) is 62.2 Å². The van der Waals surface area contributed by atoms with E-state index in [0.717, 1.165) is 11.1 Å². The molecule has 0 aliphatic rings. The zero-order valence-electron chi connectivity index (χ0n) is 20.5. The van der Waals surface area contributed by atoms with Crippen molar-refractivity contribution >= 4 is 17.8 Å². The predicted octanol–water partition coefficient (Wildman–Crippen LogP) is 3.95. The van der Waals surface area contributed by atoms with Gasteiger partial charge in [-0.3, -0.25) is 9.59 Å². The minimum Gasteiger partial charge on any atom is -0.493 e. The third-order valence-electron chi connectivity index (χ3n) is 5.37. The summed E-state index contributed by atoms with van der Waals surface area (Å²) < 4.78 is 29.5. The molecule has 0 aliphatic carbocycles. The van der Waals surface area contributed by atoms with E-state index in [1.807, 2.05) is 20.8 Å². The number of methoxy groups -OCH3 is 1. The summed E-state index contributed by atoms with van der Waals surface area (Å²) >= 11 is 0. The van der Waals surface area contributed by atoms with E-state index >= 15 is 0 Å². The fraction of sp³-hybridized carbons (Fsp3) is 0.440. The van der Waals surface area contributed by atoms with E-state index in [1.165, 1.54) is 45.4 Å². The van der Waals surface area contributed by atoms with Crippen molar-refractivity contribution in [1.82, 2.24) is 10.3 Å². The van der Waals surface area contributed by atoms with Gasteiger partial charge in [0.15, 0.2) is 11.4 Å². The molecule has 0 bridgehead atoms. The number of carbonyl (C=O) groups excluding carboxylic acids is 3. The molecule has 3 atom stereocenters. The van der Waals surface area contributed by atoms with Crippen LogP contribution < -0.4 is 14.8 Å². The number of nitrogens with one attached hydrogen (secondary N) is 1. The number of nitrogens with zero attached hydrogens (tertiary/aromatic N) is 1. The Morgan fingerprint density at radius 3 is 2.32 bits per heavy atom. The molecule has 0 aliphatic heterocycles. The average Bonchev–Trinajstić information content (AvgIpc) is 2.74. The number of hydrogen-bond donors (Lipinski definition) is 1. The van der Waals surface area contributed by atoms with Crippen molar-refractivity contribution in [2.75, 3.05) is 7.11 Å². The minimum absolute atomic E-state index is 0.101. The molecule has 1 N–H and O–H groups in total. The second-order valence-corrected chi connectivity index (χ2v) is 8.39. The van der Waals surface area contributed by atoms with E-state index in [9.17, 15) is 18.8 Å². The van der Waals surface area contributed by atoms with Crippen LogP contribution >= 0.6 is 0 Å². The molecule has 1 amide bonds. The van der Waals surface area contributed by atoms with Crippen molar-refractivity contribution in [2.45, 2.75) is 59.6 Å².